The average molecular weight is 228 g/mol. The lowest BCUT2D eigenvalue weighted by molar-refractivity contribution is 0.0698. The van der Waals surface area contributed by atoms with Crippen molar-refractivity contribution >= 4 is 29.3 Å². The number of nitrogens with two attached hydrogens (primary N) is 1. The molecule has 3 N–H and O–H groups in total. The van der Waals surface area contributed by atoms with Crippen molar-refractivity contribution in [3.8, 4) is 5.75 Å². The van der Waals surface area contributed by atoms with Gasteiger partial charge >= 0.3 is 5.97 Å². The van der Waals surface area contributed by atoms with Crippen LogP contribution in [0.25, 0.3) is 6.08 Å². The molecule has 1 rings (SSSR count). The first kappa shape index (κ1) is 11.4. The zero-order valence-corrected chi connectivity index (χ0v) is 8.84. The highest BCUT2D eigenvalue weighted by Crippen LogP contribution is 2.36. The number of benzene rings is 1. The van der Waals surface area contributed by atoms with E-state index in [9.17, 15) is 4.79 Å². The van der Waals surface area contributed by atoms with Crippen molar-refractivity contribution in [1.82, 2.24) is 0 Å². The molecular formula is C10H10ClNO3. The van der Waals surface area contributed by atoms with Crippen LogP contribution in [0.1, 0.15) is 15.9 Å². The Hall–Kier alpha value is -1.68. The maximum Gasteiger partial charge on any atom is 0.337 e. The number of rotatable bonds is 3. The number of nitrogen functional groups attached to an aromatic ring is 1. The summed E-state index contributed by atoms with van der Waals surface area (Å²) in [6, 6.07) is 1.26. The number of methoxy groups -OCH3 is 1. The van der Waals surface area contributed by atoms with Crippen molar-refractivity contribution in [3.63, 3.8) is 0 Å². The Morgan fingerprint density at radius 2 is 2.33 bits per heavy atom. The summed E-state index contributed by atoms with van der Waals surface area (Å²) in [5, 5.41) is 9.05. The van der Waals surface area contributed by atoms with E-state index in [0.29, 0.717) is 11.3 Å². The minimum absolute atomic E-state index is 0.0595. The van der Waals surface area contributed by atoms with E-state index in [1.54, 1.807) is 0 Å². The van der Waals surface area contributed by atoms with E-state index in [1.807, 2.05) is 0 Å². The topological polar surface area (TPSA) is 72.6 Å². The van der Waals surface area contributed by atoms with Crippen LogP contribution in [-0.2, 0) is 0 Å². The normalized spacial score (nSPS) is 9.73. The van der Waals surface area contributed by atoms with E-state index in [-0.39, 0.29) is 16.3 Å². The number of carboxylic acids is 1. The number of ether oxygens (including phenoxy) is 1. The van der Waals surface area contributed by atoms with Gasteiger partial charge in [0.25, 0.3) is 0 Å². The van der Waals surface area contributed by atoms with Crippen LogP contribution in [0.5, 0.6) is 5.75 Å². The van der Waals surface area contributed by atoms with Gasteiger partial charge in [-0.15, -0.1) is 0 Å². The van der Waals surface area contributed by atoms with Crippen molar-refractivity contribution in [2.75, 3.05) is 12.8 Å². The highest BCUT2D eigenvalue weighted by molar-refractivity contribution is 6.33. The lowest BCUT2D eigenvalue weighted by Crippen LogP contribution is -2.05. The molecule has 0 aromatic heterocycles. The average Bonchev–Trinajstić information content (AvgIpc) is 2.19. The lowest BCUT2D eigenvalue weighted by atomic mass is 10.1. The molecule has 1 aromatic carbocycles. The summed E-state index contributed by atoms with van der Waals surface area (Å²) in [5.74, 6) is -0.811. The highest BCUT2D eigenvalue weighted by atomic mass is 35.5. The molecule has 0 amide bonds. The SMILES string of the molecule is C=Cc1c(N)c(C(=O)O)cc(Cl)c1OC. The molecule has 0 radical (unpaired) electrons. The molecule has 0 spiro atoms. The zero-order valence-electron chi connectivity index (χ0n) is 8.08. The predicted octanol–water partition coefficient (Wildman–Crippen LogP) is 2.27. The molecule has 4 nitrogen and oxygen atoms in total. The van der Waals surface area contributed by atoms with Gasteiger partial charge in [0.1, 0.15) is 5.75 Å². The number of carboxylic acid groups (broad SMARTS) is 1. The fourth-order valence-electron chi connectivity index (χ4n) is 1.25. The number of aromatic carboxylic acids is 1. The van der Waals surface area contributed by atoms with Gasteiger partial charge in [-0.25, -0.2) is 4.79 Å². The predicted molar refractivity (Wildman–Crippen MR) is 59.5 cm³/mol. The van der Waals surface area contributed by atoms with Crippen LogP contribution >= 0.6 is 11.6 Å². The minimum atomic E-state index is -1.14. The molecule has 0 fully saturated rings. The van der Waals surface area contributed by atoms with E-state index < -0.39 is 5.97 Å². The molecule has 0 saturated heterocycles. The van der Waals surface area contributed by atoms with Crippen LogP contribution in [0, 0.1) is 0 Å². The number of hydrogen-bond acceptors (Lipinski definition) is 3. The van der Waals surface area contributed by atoms with Crippen LogP contribution in [-0.4, -0.2) is 18.2 Å². The van der Waals surface area contributed by atoms with Crippen LogP contribution in [0.2, 0.25) is 5.02 Å². The summed E-state index contributed by atoms with van der Waals surface area (Å²) in [6.45, 7) is 3.53. The van der Waals surface area contributed by atoms with Gasteiger partial charge in [-0.2, -0.15) is 0 Å². The monoisotopic (exact) mass is 227 g/mol. The van der Waals surface area contributed by atoms with Gasteiger partial charge in [0, 0.05) is 5.56 Å². The third-order valence-corrected chi connectivity index (χ3v) is 2.23. The molecule has 0 atom stereocenters. The van der Waals surface area contributed by atoms with Gasteiger partial charge in [-0.1, -0.05) is 24.3 Å². The molecule has 0 aliphatic rings. The van der Waals surface area contributed by atoms with Gasteiger partial charge in [-0.3, -0.25) is 0 Å². The number of hydrogen-bond donors (Lipinski definition) is 2. The zero-order chi connectivity index (χ0) is 11.6. The summed E-state index contributed by atoms with van der Waals surface area (Å²) in [6.07, 6.45) is 1.41. The molecule has 0 aliphatic heterocycles. The second-order valence-corrected chi connectivity index (χ2v) is 3.18. The van der Waals surface area contributed by atoms with Crippen molar-refractivity contribution in [2.24, 2.45) is 0 Å². The third-order valence-electron chi connectivity index (χ3n) is 1.95. The highest BCUT2D eigenvalue weighted by Gasteiger charge is 2.17. The number of halogens is 1. The Morgan fingerprint density at radius 3 is 2.73 bits per heavy atom. The minimum Gasteiger partial charge on any atom is -0.494 e. The fraction of sp³-hybridized carbons (Fsp3) is 0.100. The number of anilines is 1. The van der Waals surface area contributed by atoms with Crippen LogP contribution in [0.4, 0.5) is 5.69 Å². The van der Waals surface area contributed by atoms with Gasteiger partial charge < -0.3 is 15.6 Å². The van der Waals surface area contributed by atoms with E-state index in [0.717, 1.165) is 0 Å². The molecular weight excluding hydrogens is 218 g/mol. The van der Waals surface area contributed by atoms with Crippen molar-refractivity contribution < 1.29 is 14.6 Å². The van der Waals surface area contributed by atoms with E-state index >= 15 is 0 Å². The molecule has 0 aliphatic carbocycles. The maximum absolute atomic E-state index is 10.8. The van der Waals surface area contributed by atoms with E-state index in [1.165, 1.54) is 19.3 Å². The largest absolute Gasteiger partial charge is 0.494 e. The summed E-state index contributed by atoms with van der Waals surface area (Å²) < 4.78 is 5.01. The molecule has 80 valence electrons. The van der Waals surface area contributed by atoms with Crippen molar-refractivity contribution in [3.05, 3.63) is 28.8 Å². The summed E-state index contributed by atoms with van der Waals surface area (Å²) in [5.41, 5.74) is 6.08. The molecule has 0 saturated carbocycles. The Kier molecular flexibility index (Phi) is 3.21. The first-order valence-electron chi connectivity index (χ1n) is 4.04. The Balaban J connectivity index is 3.58. The Morgan fingerprint density at radius 1 is 1.73 bits per heavy atom. The molecule has 0 unspecified atom stereocenters. The summed E-state index contributed by atoms with van der Waals surface area (Å²) in [7, 11) is 1.42. The first-order chi connectivity index (χ1) is 7.02. The van der Waals surface area contributed by atoms with E-state index in [4.69, 9.17) is 27.2 Å². The Labute approximate surface area is 91.9 Å². The quantitative estimate of drug-likeness (QED) is 0.777. The van der Waals surface area contributed by atoms with Gasteiger partial charge in [-0.05, 0) is 6.07 Å². The molecule has 0 bridgehead atoms. The summed E-state index contributed by atoms with van der Waals surface area (Å²) >= 11 is 5.84. The first-order valence-corrected chi connectivity index (χ1v) is 4.42. The second-order valence-electron chi connectivity index (χ2n) is 2.78. The van der Waals surface area contributed by atoms with Crippen LogP contribution in [0.15, 0.2) is 12.6 Å². The standard InChI is InChI=1S/C10H10ClNO3/c1-3-5-8(12)6(10(13)14)4-7(11)9(5)15-2/h3-4H,1,12H2,2H3,(H,13,14). The number of carbonyl (C=O) groups is 1. The molecule has 1 aromatic rings. The van der Waals surface area contributed by atoms with Crippen molar-refractivity contribution in [2.45, 2.75) is 0 Å². The lowest BCUT2D eigenvalue weighted by Gasteiger charge is -2.12. The molecule has 5 heteroatoms. The fourth-order valence-corrected chi connectivity index (χ4v) is 1.54. The smallest absolute Gasteiger partial charge is 0.337 e. The molecule has 15 heavy (non-hydrogen) atoms. The maximum atomic E-state index is 10.8. The second kappa shape index (κ2) is 4.23. The van der Waals surface area contributed by atoms with Crippen LogP contribution in [0.3, 0.4) is 0 Å². The van der Waals surface area contributed by atoms with Gasteiger partial charge in [0.05, 0.1) is 23.4 Å². The molecule has 0 heterocycles. The Bertz CT molecular complexity index is 429. The van der Waals surface area contributed by atoms with Gasteiger partial charge in [0.2, 0.25) is 0 Å². The van der Waals surface area contributed by atoms with E-state index in [2.05, 4.69) is 6.58 Å². The van der Waals surface area contributed by atoms with Crippen molar-refractivity contribution in [1.29, 1.82) is 0 Å². The van der Waals surface area contributed by atoms with Gasteiger partial charge in [0.15, 0.2) is 0 Å². The van der Waals surface area contributed by atoms with Crippen LogP contribution < -0.4 is 10.5 Å². The summed E-state index contributed by atoms with van der Waals surface area (Å²) in [4.78, 5) is 10.8. The third kappa shape index (κ3) is 1.89.